The van der Waals surface area contributed by atoms with Gasteiger partial charge in [-0.15, -0.1) is 0 Å². The molecule has 4 aromatic rings. The van der Waals surface area contributed by atoms with Gasteiger partial charge in [0, 0.05) is 21.2 Å². The van der Waals surface area contributed by atoms with Crippen LogP contribution in [0.15, 0.2) is 71.7 Å². The highest BCUT2D eigenvalue weighted by Crippen LogP contribution is 2.31. The number of rotatable bonds is 4. The van der Waals surface area contributed by atoms with Gasteiger partial charge in [0.05, 0.1) is 24.7 Å². The lowest BCUT2D eigenvalue weighted by atomic mass is 10.1. The summed E-state index contributed by atoms with van der Waals surface area (Å²) in [5, 5.41) is 6.92. The third-order valence-corrected chi connectivity index (χ3v) is 4.67. The van der Waals surface area contributed by atoms with Crippen LogP contribution in [0.25, 0.3) is 21.7 Å². The summed E-state index contributed by atoms with van der Waals surface area (Å²) < 4.78 is 7.18. The highest BCUT2D eigenvalue weighted by molar-refractivity contribution is 6.35. The Morgan fingerprint density at radius 1 is 0.963 bits per heavy atom. The Labute approximate surface area is 159 Å². The van der Waals surface area contributed by atoms with Crippen molar-refractivity contribution in [1.29, 1.82) is 0 Å². The first-order chi connectivity index (χ1) is 13.1. The van der Waals surface area contributed by atoms with Crippen molar-refractivity contribution in [2.45, 2.75) is 13.0 Å². The highest BCUT2D eigenvalue weighted by Gasteiger charge is 2.11. The molecule has 0 amide bonds. The molecule has 4 rings (SSSR count). The van der Waals surface area contributed by atoms with Gasteiger partial charge in [0.25, 0.3) is 0 Å². The number of carbonyl (C=O) groups excluding carboxylic acids is 1. The quantitative estimate of drug-likeness (QED) is 0.394. The molecule has 134 valence electrons. The number of halogens is 1. The molecule has 5 nitrogen and oxygen atoms in total. The van der Waals surface area contributed by atoms with Gasteiger partial charge in [-0.1, -0.05) is 48.0 Å². The van der Waals surface area contributed by atoms with Crippen LogP contribution in [0.2, 0.25) is 5.02 Å². The maximum atomic E-state index is 12.4. The first kappa shape index (κ1) is 17.2. The molecule has 1 heterocycles. The maximum Gasteiger partial charge on any atom is 0.313 e. The minimum atomic E-state index is -0.382. The molecule has 6 heteroatoms. The molecule has 0 aliphatic heterocycles. The molecular formula is C21H15ClN2O3. The topological polar surface area (TPSA) is 61.2 Å². The minimum absolute atomic E-state index is 0.122. The molecule has 0 bridgehead atoms. The molecule has 0 radical (unpaired) electrons. The van der Waals surface area contributed by atoms with Gasteiger partial charge in [0.2, 0.25) is 5.43 Å². The van der Waals surface area contributed by atoms with Crippen LogP contribution in [0.4, 0.5) is 0 Å². The van der Waals surface area contributed by atoms with E-state index in [1.807, 2.05) is 36.4 Å². The highest BCUT2D eigenvalue weighted by atomic mass is 35.5. The fraction of sp³-hybridized carbons (Fsp3) is 0.0952. The summed E-state index contributed by atoms with van der Waals surface area (Å²) in [5.41, 5.74) is 0.548. The number of aryl methyl sites for hydroxylation is 1. The third kappa shape index (κ3) is 3.41. The first-order valence-corrected chi connectivity index (χ1v) is 8.84. The second-order valence-electron chi connectivity index (χ2n) is 6.06. The molecule has 0 N–H and O–H groups in total. The van der Waals surface area contributed by atoms with E-state index in [2.05, 4.69) is 5.10 Å². The zero-order valence-electron chi connectivity index (χ0n) is 14.3. The predicted octanol–water partition coefficient (Wildman–Crippen LogP) is 4.20. The monoisotopic (exact) mass is 378 g/mol. The van der Waals surface area contributed by atoms with Gasteiger partial charge in [-0.2, -0.15) is 5.10 Å². The molecule has 0 saturated heterocycles. The molecule has 0 aliphatic carbocycles. The molecule has 0 aliphatic rings. The number of esters is 1. The molecular weight excluding hydrogens is 364 g/mol. The fourth-order valence-electron chi connectivity index (χ4n) is 3.03. The number of hydrogen-bond acceptors (Lipinski definition) is 4. The molecule has 0 fully saturated rings. The zero-order valence-corrected chi connectivity index (χ0v) is 15.0. The summed E-state index contributed by atoms with van der Waals surface area (Å²) in [7, 11) is 0. The van der Waals surface area contributed by atoms with Gasteiger partial charge in [-0.3, -0.25) is 14.3 Å². The van der Waals surface area contributed by atoms with Gasteiger partial charge >= 0.3 is 5.97 Å². The smallest absolute Gasteiger partial charge is 0.313 e. The summed E-state index contributed by atoms with van der Waals surface area (Å²) in [6.45, 7) is 0.311. The number of aromatic nitrogens is 2. The van der Waals surface area contributed by atoms with Gasteiger partial charge in [0.1, 0.15) is 5.75 Å². The Hall–Kier alpha value is -3.18. The Morgan fingerprint density at radius 3 is 2.48 bits per heavy atom. The van der Waals surface area contributed by atoms with E-state index in [0.29, 0.717) is 28.2 Å². The second kappa shape index (κ2) is 7.21. The molecule has 27 heavy (non-hydrogen) atoms. The molecule has 0 spiro atoms. The Bertz CT molecular complexity index is 1220. The van der Waals surface area contributed by atoms with Crippen molar-refractivity contribution in [2.75, 3.05) is 0 Å². The van der Waals surface area contributed by atoms with Crippen molar-refractivity contribution in [2.24, 2.45) is 0 Å². The van der Waals surface area contributed by atoms with Crippen LogP contribution >= 0.6 is 11.6 Å². The van der Waals surface area contributed by atoms with Crippen molar-refractivity contribution < 1.29 is 9.53 Å². The van der Waals surface area contributed by atoms with Crippen LogP contribution in [0, 0.1) is 0 Å². The number of benzene rings is 3. The van der Waals surface area contributed by atoms with Gasteiger partial charge in [0.15, 0.2) is 0 Å². The fourth-order valence-corrected chi connectivity index (χ4v) is 3.26. The van der Waals surface area contributed by atoms with E-state index in [1.165, 1.54) is 6.20 Å². The predicted molar refractivity (Wildman–Crippen MR) is 105 cm³/mol. The number of carbonyl (C=O) groups is 1. The average molecular weight is 379 g/mol. The molecule has 0 atom stereocenters. The Kier molecular flexibility index (Phi) is 4.60. The lowest BCUT2D eigenvalue weighted by Gasteiger charge is -2.11. The van der Waals surface area contributed by atoms with E-state index in [-0.39, 0.29) is 17.8 Å². The van der Waals surface area contributed by atoms with E-state index in [1.54, 1.807) is 28.9 Å². The van der Waals surface area contributed by atoms with Crippen LogP contribution in [0.3, 0.4) is 0 Å². The van der Waals surface area contributed by atoms with E-state index < -0.39 is 0 Å². The normalized spacial score (nSPS) is 11.0. The first-order valence-electron chi connectivity index (χ1n) is 8.46. The van der Waals surface area contributed by atoms with E-state index in [4.69, 9.17) is 16.3 Å². The number of nitrogens with zero attached hydrogens (tertiary/aromatic N) is 2. The van der Waals surface area contributed by atoms with Crippen LogP contribution in [0.5, 0.6) is 5.75 Å². The van der Waals surface area contributed by atoms with Crippen molar-refractivity contribution in [3.8, 4) is 5.75 Å². The van der Waals surface area contributed by atoms with Crippen LogP contribution in [0.1, 0.15) is 6.42 Å². The van der Waals surface area contributed by atoms with Gasteiger partial charge < -0.3 is 4.74 Å². The largest absolute Gasteiger partial charge is 0.426 e. The number of hydrogen-bond donors (Lipinski definition) is 0. The third-order valence-electron chi connectivity index (χ3n) is 4.34. The van der Waals surface area contributed by atoms with Crippen molar-refractivity contribution in [3.63, 3.8) is 0 Å². The lowest BCUT2D eigenvalue weighted by molar-refractivity contribution is -0.134. The Balaban J connectivity index is 1.54. The minimum Gasteiger partial charge on any atom is -0.426 e. The van der Waals surface area contributed by atoms with Gasteiger partial charge in [-0.05, 0) is 24.3 Å². The molecule has 3 aromatic carbocycles. The van der Waals surface area contributed by atoms with Crippen LogP contribution < -0.4 is 10.2 Å². The zero-order chi connectivity index (χ0) is 18.8. The standard InChI is InChI=1S/C21H15ClN2O3/c22-17-9-10-20(15-6-2-1-5-14(15)17)27-21(26)11-12-24-18-8-4-3-7-16(18)19(25)13-23-24/h1-10,13H,11-12H2. The van der Waals surface area contributed by atoms with Gasteiger partial charge in [-0.25, -0.2) is 0 Å². The van der Waals surface area contributed by atoms with E-state index in [0.717, 1.165) is 10.8 Å². The Morgan fingerprint density at radius 2 is 1.67 bits per heavy atom. The van der Waals surface area contributed by atoms with Crippen LogP contribution in [-0.4, -0.2) is 15.7 Å². The summed E-state index contributed by atoms with van der Waals surface area (Å²) in [5.74, 6) is 0.0878. The van der Waals surface area contributed by atoms with E-state index >= 15 is 0 Å². The maximum absolute atomic E-state index is 12.4. The second-order valence-corrected chi connectivity index (χ2v) is 6.47. The number of fused-ring (bicyclic) bond motifs is 2. The molecule has 1 aromatic heterocycles. The molecule has 0 saturated carbocycles. The number of ether oxygens (including phenoxy) is 1. The average Bonchev–Trinajstić information content (AvgIpc) is 2.70. The summed E-state index contributed by atoms with van der Waals surface area (Å²) in [4.78, 5) is 24.2. The number of para-hydroxylation sites is 1. The van der Waals surface area contributed by atoms with E-state index in [9.17, 15) is 9.59 Å². The van der Waals surface area contributed by atoms with Crippen molar-refractivity contribution in [1.82, 2.24) is 9.78 Å². The van der Waals surface area contributed by atoms with Crippen LogP contribution in [-0.2, 0) is 11.3 Å². The van der Waals surface area contributed by atoms with Crippen molar-refractivity contribution >= 4 is 39.2 Å². The molecule has 0 unspecified atom stereocenters. The van der Waals surface area contributed by atoms with Crippen molar-refractivity contribution in [3.05, 3.63) is 82.1 Å². The summed E-state index contributed by atoms with van der Waals surface area (Å²) in [6.07, 6.45) is 1.39. The lowest BCUT2D eigenvalue weighted by Crippen LogP contribution is -2.16. The SMILES string of the molecule is O=C(CCn1ncc(=O)c2ccccc21)Oc1ccc(Cl)c2ccccc12. The summed E-state index contributed by atoms with van der Waals surface area (Å²) >= 11 is 6.20. The summed E-state index contributed by atoms with van der Waals surface area (Å²) in [6, 6.07) is 18.1.